The second kappa shape index (κ2) is 21.1. The molecule has 2 N–H and O–H groups in total. The van der Waals surface area contributed by atoms with Crippen molar-refractivity contribution in [3.8, 4) is 0 Å². The van der Waals surface area contributed by atoms with Gasteiger partial charge in [-0.3, -0.25) is 25.1 Å². The lowest BCUT2D eigenvalue weighted by Crippen LogP contribution is -2.41. The van der Waals surface area contributed by atoms with E-state index in [9.17, 15) is 39.4 Å². The van der Waals surface area contributed by atoms with Crippen molar-refractivity contribution >= 4 is 35.3 Å². The lowest BCUT2D eigenvalue weighted by atomic mass is 9.80. The van der Waals surface area contributed by atoms with E-state index in [2.05, 4.69) is 27.7 Å². The van der Waals surface area contributed by atoms with Gasteiger partial charge in [0.15, 0.2) is 0 Å². The highest BCUT2D eigenvalue weighted by Gasteiger charge is 2.40. The summed E-state index contributed by atoms with van der Waals surface area (Å²) in [7, 11) is 2.50. The van der Waals surface area contributed by atoms with Crippen LogP contribution in [0.4, 0.5) is 11.4 Å². The van der Waals surface area contributed by atoms with Gasteiger partial charge < -0.3 is 29.6 Å². The maximum Gasteiger partial charge on any atom is 0.337 e. The summed E-state index contributed by atoms with van der Waals surface area (Å²) in [6.45, 7) is 10.9. The molecule has 17 heteroatoms. The van der Waals surface area contributed by atoms with Crippen molar-refractivity contribution < 1.29 is 48.0 Å². The lowest BCUT2D eigenvalue weighted by molar-refractivity contribution is -0.385. The minimum absolute atomic E-state index is 0.132. The minimum atomic E-state index is -0.870. The van der Waals surface area contributed by atoms with Gasteiger partial charge in [-0.1, -0.05) is 54.6 Å². The molecule has 3 heterocycles. The highest BCUT2D eigenvalue weighted by molar-refractivity contribution is 6.01. The highest BCUT2D eigenvalue weighted by Crippen LogP contribution is 2.42. The molecule has 332 valence electrons. The Kier molecular flexibility index (Phi) is 15.7. The molecule has 0 aliphatic carbocycles. The molecule has 3 aliphatic heterocycles. The number of dihydropyridines is 2. The van der Waals surface area contributed by atoms with Crippen molar-refractivity contribution in [2.75, 3.05) is 33.9 Å². The standard InChI is InChI=1S/C28H31N3O6.C18H20N2O6/c1-18-24(27(32)36-3)26(21-11-7-12-22(15-21)31(34)35)25(19(2)29-18)28(33)37-23-13-8-14-30(17-23)16-20-9-5-4-6-10-20;1-5-26-18(22)15-11(3)19-10(2)14(17(21)25-4)16(15)12-7-6-8-13(9-12)20(23)24/h4-7,9-12,15,23,26,29H,8,13-14,16-17H2,1-3H3;6-9,16,19H,5H2,1-4H3/t23-,26-;/m1./s1. The van der Waals surface area contributed by atoms with Gasteiger partial charge in [-0.2, -0.15) is 0 Å². The largest absolute Gasteiger partial charge is 0.466 e. The van der Waals surface area contributed by atoms with Crippen molar-refractivity contribution in [2.24, 2.45) is 0 Å². The number of nitro benzene ring substituents is 2. The van der Waals surface area contributed by atoms with Crippen molar-refractivity contribution in [2.45, 2.75) is 71.9 Å². The lowest BCUT2D eigenvalue weighted by Gasteiger charge is -2.34. The molecule has 63 heavy (non-hydrogen) atoms. The molecule has 3 atom stereocenters. The molecule has 0 aromatic heterocycles. The molecular formula is C46H51N5O12. The summed E-state index contributed by atoms with van der Waals surface area (Å²) >= 11 is 0. The van der Waals surface area contributed by atoms with Crippen LogP contribution in [0.5, 0.6) is 0 Å². The predicted octanol–water partition coefficient (Wildman–Crippen LogP) is 6.78. The molecule has 0 radical (unpaired) electrons. The number of carbonyl (C=O) groups is 4. The summed E-state index contributed by atoms with van der Waals surface area (Å²) in [6.07, 6.45) is 1.31. The van der Waals surface area contributed by atoms with E-state index < -0.39 is 45.6 Å². The number of piperidine rings is 1. The van der Waals surface area contributed by atoms with Gasteiger partial charge in [0, 0.05) is 60.1 Å². The number of nitrogens with zero attached hydrogens (tertiary/aromatic N) is 3. The number of nitro groups is 2. The number of ether oxygens (including phenoxy) is 4. The number of hydrogen-bond donors (Lipinski definition) is 2. The third kappa shape index (κ3) is 11.0. The topological polar surface area (TPSA) is 219 Å². The van der Waals surface area contributed by atoms with Crippen molar-refractivity contribution in [3.63, 3.8) is 0 Å². The van der Waals surface area contributed by atoms with Crippen LogP contribution < -0.4 is 10.6 Å². The number of methoxy groups -OCH3 is 2. The maximum absolute atomic E-state index is 13.7. The average molecular weight is 866 g/mol. The van der Waals surface area contributed by atoms with Crippen molar-refractivity contribution in [3.05, 3.63) is 161 Å². The number of rotatable bonds is 12. The molecule has 1 fully saturated rings. The average Bonchev–Trinajstić information content (AvgIpc) is 3.26. The fourth-order valence-electron chi connectivity index (χ4n) is 8.11. The van der Waals surface area contributed by atoms with Crippen LogP contribution in [0.15, 0.2) is 124 Å². The zero-order valence-corrected chi connectivity index (χ0v) is 36.2. The van der Waals surface area contributed by atoms with Crippen LogP contribution in [-0.2, 0) is 44.7 Å². The molecule has 3 aliphatic rings. The Bertz CT molecular complexity index is 2400. The summed E-state index contributed by atoms with van der Waals surface area (Å²) in [5.41, 5.74) is 4.77. The molecule has 17 nitrogen and oxygen atoms in total. The Labute approximate surface area is 364 Å². The molecular weight excluding hydrogens is 815 g/mol. The fraction of sp³-hybridized carbons (Fsp3) is 0.348. The molecule has 0 amide bonds. The first-order valence-electron chi connectivity index (χ1n) is 20.3. The van der Waals surface area contributed by atoms with E-state index in [-0.39, 0.29) is 46.4 Å². The van der Waals surface area contributed by atoms with Crippen LogP contribution in [0.25, 0.3) is 0 Å². The third-order valence-corrected chi connectivity index (χ3v) is 10.9. The molecule has 1 saturated heterocycles. The fourth-order valence-corrected chi connectivity index (χ4v) is 8.11. The van der Waals surface area contributed by atoms with E-state index in [1.807, 2.05) is 18.2 Å². The second-order valence-corrected chi connectivity index (χ2v) is 15.1. The quantitative estimate of drug-likeness (QED) is 0.0830. The van der Waals surface area contributed by atoms with Crippen LogP contribution in [0.1, 0.15) is 76.0 Å². The summed E-state index contributed by atoms with van der Waals surface area (Å²) in [4.78, 5) is 75.2. The third-order valence-electron chi connectivity index (χ3n) is 10.9. The van der Waals surface area contributed by atoms with Crippen LogP contribution in [0.2, 0.25) is 0 Å². The van der Waals surface area contributed by atoms with E-state index in [1.165, 1.54) is 50.1 Å². The maximum atomic E-state index is 13.7. The summed E-state index contributed by atoms with van der Waals surface area (Å²) in [5, 5.41) is 28.7. The summed E-state index contributed by atoms with van der Waals surface area (Å²) in [5.74, 6) is -4.09. The summed E-state index contributed by atoms with van der Waals surface area (Å²) < 4.78 is 21.0. The van der Waals surface area contributed by atoms with Crippen molar-refractivity contribution in [1.29, 1.82) is 0 Å². The Morgan fingerprint density at radius 1 is 0.667 bits per heavy atom. The number of non-ortho nitro benzene ring substituents is 2. The monoisotopic (exact) mass is 865 g/mol. The van der Waals surface area contributed by atoms with Gasteiger partial charge in [-0.25, -0.2) is 19.2 Å². The van der Waals surface area contributed by atoms with Gasteiger partial charge in [0.25, 0.3) is 11.4 Å². The van der Waals surface area contributed by atoms with E-state index in [4.69, 9.17) is 18.9 Å². The zero-order valence-electron chi connectivity index (χ0n) is 36.2. The zero-order chi connectivity index (χ0) is 46.0. The first-order valence-corrected chi connectivity index (χ1v) is 20.3. The minimum Gasteiger partial charge on any atom is -0.466 e. The van der Waals surface area contributed by atoms with Crippen LogP contribution in [-0.4, -0.2) is 78.6 Å². The predicted molar refractivity (Wildman–Crippen MR) is 230 cm³/mol. The van der Waals surface area contributed by atoms with Crippen LogP contribution in [0.3, 0.4) is 0 Å². The van der Waals surface area contributed by atoms with E-state index in [1.54, 1.807) is 52.8 Å². The number of carbonyl (C=O) groups excluding carboxylic acids is 4. The van der Waals surface area contributed by atoms with Crippen LogP contribution >= 0.6 is 0 Å². The van der Waals surface area contributed by atoms with Crippen molar-refractivity contribution in [1.82, 2.24) is 15.5 Å². The molecule has 3 aromatic rings. The Balaban J connectivity index is 0.000000253. The molecule has 6 rings (SSSR count). The van der Waals surface area contributed by atoms with Gasteiger partial charge in [0.1, 0.15) is 6.10 Å². The Morgan fingerprint density at radius 3 is 1.57 bits per heavy atom. The normalized spacial score (nSPS) is 18.9. The number of hydrogen-bond acceptors (Lipinski definition) is 15. The molecule has 0 bridgehead atoms. The number of benzene rings is 3. The first kappa shape index (κ1) is 46.9. The Hall–Kier alpha value is -7.14. The van der Waals surface area contributed by atoms with E-state index in [0.717, 1.165) is 25.9 Å². The number of allylic oxidation sites excluding steroid dienone is 4. The number of esters is 4. The molecule has 0 spiro atoms. The van der Waals surface area contributed by atoms with Gasteiger partial charge in [0.05, 0.1) is 64.8 Å². The smallest absolute Gasteiger partial charge is 0.337 e. The molecule has 1 unspecified atom stereocenters. The first-order chi connectivity index (χ1) is 30.1. The van der Waals surface area contributed by atoms with Gasteiger partial charge in [0.2, 0.25) is 0 Å². The summed E-state index contributed by atoms with van der Waals surface area (Å²) in [6, 6.07) is 21.9. The molecule has 3 aromatic carbocycles. The van der Waals surface area contributed by atoms with Crippen LogP contribution in [0, 0.1) is 20.2 Å². The second-order valence-electron chi connectivity index (χ2n) is 15.1. The highest BCUT2D eigenvalue weighted by atomic mass is 16.6. The number of likely N-dealkylation sites (tertiary alicyclic amines) is 1. The van der Waals surface area contributed by atoms with Gasteiger partial charge in [-0.05, 0) is 70.7 Å². The van der Waals surface area contributed by atoms with Gasteiger partial charge in [-0.15, -0.1) is 0 Å². The molecule has 0 saturated carbocycles. The van der Waals surface area contributed by atoms with Gasteiger partial charge >= 0.3 is 23.9 Å². The van der Waals surface area contributed by atoms with E-state index >= 15 is 0 Å². The Morgan fingerprint density at radius 2 is 1.13 bits per heavy atom. The number of nitrogens with one attached hydrogen (secondary N) is 2. The van der Waals surface area contributed by atoms with E-state index in [0.29, 0.717) is 40.5 Å². The SMILES string of the molecule is CCOC(=O)C1=C(C)NC(C)=C(C(=O)OC)C1c1cccc([N+](=O)[O-])c1.COC(=O)C1=C(C)NC(C)=C(C(=O)O[C@@H]2CCCN(Cc3ccccc3)C2)[C@@H]1c1cccc([N+](=O)[O-])c1.